The molecule has 240 valence electrons. The highest BCUT2D eigenvalue weighted by atomic mass is 31.2. The maximum absolute atomic E-state index is 13.8. The molecule has 0 aliphatic carbocycles. The second-order valence-corrected chi connectivity index (χ2v) is 11.4. The van der Waals surface area contributed by atoms with Crippen molar-refractivity contribution in [3.05, 3.63) is 52.0 Å². The van der Waals surface area contributed by atoms with E-state index in [1.165, 1.54) is 50.5 Å². The minimum Gasteiger partial charge on any atom is -0.329 e. The van der Waals surface area contributed by atoms with E-state index in [1.807, 2.05) is 0 Å². The van der Waals surface area contributed by atoms with E-state index < -0.39 is 50.0 Å². The number of carbonyl (C=O) groups is 1. The van der Waals surface area contributed by atoms with Crippen LogP contribution in [0.25, 0.3) is 22.4 Å². The van der Waals surface area contributed by atoms with Crippen LogP contribution < -0.4 is 21.0 Å². The molecule has 45 heavy (non-hydrogen) atoms. The fourth-order valence-corrected chi connectivity index (χ4v) is 5.22. The zero-order valence-electron chi connectivity index (χ0n) is 23.9. The minimum absolute atomic E-state index is 0.00138. The van der Waals surface area contributed by atoms with Crippen LogP contribution in [0.4, 0.5) is 24.9 Å². The molecule has 5 heterocycles. The number of fused-ring (bicyclic) bond motifs is 1. The Morgan fingerprint density at radius 3 is 2.47 bits per heavy atom. The summed E-state index contributed by atoms with van der Waals surface area (Å²) in [5.41, 5.74) is -1.16. The highest BCUT2D eigenvalue weighted by Gasteiger charge is 2.46. The number of imidazole rings is 1. The largest absolute Gasteiger partial charge is 0.471 e. The number of phosphoric ester groups is 1. The standard InChI is InChI=1S/C24H26F3N10O7P/c1-13(36-11-31-19-18(36)21(39)34(3)23(40)33(19)2)20(38)37(12-44-45(41,42)43)17-10-28-9-15(32-17)14-7-29-22(30-8-14)35-6-4-5-16(35)24(25,26)27/h7-11,13,16H,4-6,12H2,1-3H3,(H2,41,42,43). The summed E-state index contributed by atoms with van der Waals surface area (Å²) >= 11 is 0. The number of halogens is 3. The number of aromatic nitrogens is 8. The molecule has 2 N–H and O–H groups in total. The van der Waals surface area contributed by atoms with Crippen molar-refractivity contribution in [3.8, 4) is 11.3 Å². The Hall–Kier alpha value is -4.52. The summed E-state index contributed by atoms with van der Waals surface area (Å²) in [6.07, 6.45) is 1.81. The highest BCUT2D eigenvalue weighted by molar-refractivity contribution is 7.46. The summed E-state index contributed by atoms with van der Waals surface area (Å²) in [6, 6.07) is -2.95. The molecule has 17 nitrogen and oxygen atoms in total. The van der Waals surface area contributed by atoms with Gasteiger partial charge in [0.2, 0.25) is 5.95 Å². The molecule has 0 aromatic carbocycles. The zero-order chi connectivity index (χ0) is 32.8. The summed E-state index contributed by atoms with van der Waals surface area (Å²) in [4.78, 5) is 80.1. The van der Waals surface area contributed by atoms with Crippen molar-refractivity contribution in [1.82, 2.24) is 38.6 Å². The third kappa shape index (κ3) is 6.21. The van der Waals surface area contributed by atoms with Crippen LogP contribution in [0.5, 0.6) is 0 Å². The molecule has 2 atom stereocenters. The van der Waals surface area contributed by atoms with E-state index in [0.29, 0.717) is 6.42 Å². The second kappa shape index (κ2) is 11.8. The number of anilines is 2. The Balaban J connectivity index is 1.48. The molecule has 1 aliphatic heterocycles. The second-order valence-electron chi connectivity index (χ2n) is 10.1. The van der Waals surface area contributed by atoms with Gasteiger partial charge < -0.3 is 19.3 Å². The molecule has 0 radical (unpaired) electrons. The molecule has 1 aliphatic rings. The molecule has 4 aromatic heterocycles. The number of rotatable bonds is 8. The highest BCUT2D eigenvalue weighted by Crippen LogP contribution is 2.37. The monoisotopic (exact) mass is 654 g/mol. The lowest BCUT2D eigenvalue weighted by atomic mass is 10.2. The number of alkyl halides is 3. The molecule has 4 aromatic rings. The van der Waals surface area contributed by atoms with Gasteiger partial charge in [-0.25, -0.2) is 29.3 Å². The predicted molar refractivity (Wildman–Crippen MR) is 150 cm³/mol. The van der Waals surface area contributed by atoms with Gasteiger partial charge in [-0.3, -0.25) is 33.1 Å². The van der Waals surface area contributed by atoms with Gasteiger partial charge >= 0.3 is 19.7 Å². The van der Waals surface area contributed by atoms with Crippen LogP contribution in [0, 0.1) is 0 Å². The van der Waals surface area contributed by atoms with Gasteiger partial charge in [-0.2, -0.15) is 13.2 Å². The lowest BCUT2D eigenvalue weighted by molar-refractivity contribution is -0.146. The average molecular weight is 655 g/mol. The maximum atomic E-state index is 13.8. The third-order valence-corrected chi connectivity index (χ3v) is 7.74. The fraction of sp³-hybridized carbons (Fsp3) is 0.417. The van der Waals surface area contributed by atoms with Gasteiger partial charge in [0.25, 0.3) is 11.5 Å². The Labute approximate surface area is 250 Å². The fourth-order valence-electron chi connectivity index (χ4n) is 4.95. The van der Waals surface area contributed by atoms with Crippen molar-refractivity contribution in [2.24, 2.45) is 14.1 Å². The van der Waals surface area contributed by atoms with Crippen LogP contribution in [0.3, 0.4) is 0 Å². The molecule has 1 fully saturated rings. The van der Waals surface area contributed by atoms with Crippen molar-refractivity contribution in [1.29, 1.82) is 0 Å². The van der Waals surface area contributed by atoms with Gasteiger partial charge in [-0.15, -0.1) is 0 Å². The van der Waals surface area contributed by atoms with Crippen LogP contribution in [0.15, 0.2) is 40.7 Å². The van der Waals surface area contributed by atoms with E-state index in [9.17, 15) is 41.9 Å². The number of phosphoric acid groups is 1. The van der Waals surface area contributed by atoms with E-state index in [1.54, 1.807) is 0 Å². The van der Waals surface area contributed by atoms with Crippen LogP contribution in [0.2, 0.25) is 0 Å². The van der Waals surface area contributed by atoms with E-state index >= 15 is 0 Å². The summed E-state index contributed by atoms with van der Waals surface area (Å²) in [6.45, 7) is 0.523. The van der Waals surface area contributed by atoms with E-state index in [-0.39, 0.29) is 47.2 Å². The molecule has 0 bridgehead atoms. The van der Waals surface area contributed by atoms with Gasteiger partial charge in [0.1, 0.15) is 18.8 Å². The number of amides is 1. The first-order chi connectivity index (χ1) is 21.1. The van der Waals surface area contributed by atoms with Crippen molar-refractivity contribution < 1.29 is 36.8 Å². The Kier molecular flexibility index (Phi) is 8.34. The minimum atomic E-state index is -5.10. The first-order valence-electron chi connectivity index (χ1n) is 13.2. The normalized spacial score (nSPS) is 16.4. The smallest absolute Gasteiger partial charge is 0.329 e. The summed E-state index contributed by atoms with van der Waals surface area (Å²) in [7, 11) is -2.45. The van der Waals surface area contributed by atoms with Crippen molar-refractivity contribution in [2.75, 3.05) is 23.1 Å². The van der Waals surface area contributed by atoms with E-state index in [2.05, 4.69) is 29.4 Å². The van der Waals surface area contributed by atoms with Crippen molar-refractivity contribution in [2.45, 2.75) is 38.0 Å². The number of nitrogens with zero attached hydrogens (tertiary/aromatic N) is 10. The lowest BCUT2D eigenvalue weighted by Crippen LogP contribution is -2.42. The van der Waals surface area contributed by atoms with Crippen LogP contribution in [-0.2, 0) is 28.0 Å². The number of hydrogen-bond donors (Lipinski definition) is 2. The molecule has 0 saturated carbocycles. The molecule has 1 amide bonds. The van der Waals surface area contributed by atoms with E-state index in [4.69, 9.17) is 0 Å². The summed E-state index contributed by atoms with van der Waals surface area (Å²) < 4.78 is 59.5. The van der Waals surface area contributed by atoms with E-state index in [0.717, 1.165) is 25.1 Å². The quantitative estimate of drug-likeness (QED) is 0.200. The van der Waals surface area contributed by atoms with Crippen molar-refractivity contribution in [3.63, 3.8) is 0 Å². The number of aryl methyl sites for hydroxylation is 1. The van der Waals surface area contributed by atoms with Gasteiger partial charge in [-0.05, 0) is 19.8 Å². The Morgan fingerprint density at radius 2 is 1.82 bits per heavy atom. The predicted octanol–water partition coefficient (Wildman–Crippen LogP) is 0.873. The SMILES string of the molecule is CC(C(=O)N(COP(=O)(O)O)c1cncc(-c2cnc(N3CCCC3C(F)(F)F)nc2)n1)n1cnc2c1c(=O)n(C)c(=O)n2C. The number of hydrogen-bond acceptors (Lipinski definition) is 11. The van der Waals surface area contributed by atoms with Crippen LogP contribution in [-0.4, -0.2) is 79.8 Å². The third-order valence-electron chi connectivity index (χ3n) is 7.29. The van der Waals surface area contributed by atoms with Crippen LogP contribution in [0.1, 0.15) is 25.8 Å². The molecule has 5 rings (SSSR count). The lowest BCUT2D eigenvalue weighted by Gasteiger charge is -2.26. The zero-order valence-corrected chi connectivity index (χ0v) is 24.8. The van der Waals surface area contributed by atoms with Gasteiger partial charge in [0, 0.05) is 38.6 Å². The summed E-state index contributed by atoms with van der Waals surface area (Å²) in [5, 5.41) is 0. The van der Waals surface area contributed by atoms with Gasteiger partial charge in [0.15, 0.2) is 17.0 Å². The molecule has 1 saturated heterocycles. The van der Waals surface area contributed by atoms with Crippen LogP contribution >= 0.6 is 7.82 Å². The first kappa shape index (κ1) is 31.9. The molecular weight excluding hydrogens is 628 g/mol. The summed E-state index contributed by atoms with van der Waals surface area (Å²) in [5.74, 6) is -1.22. The Morgan fingerprint density at radius 1 is 1.13 bits per heavy atom. The van der Waals surface area contributed by atoms with Crippen molar-refractivity contribution >= 4 is 36.7 Å². The first-order valence-corrected chi connectivity index (χ1v) is 14.7. The molecule has 21 heteroatoms. The topological polar surface area (TPSA) is 204 Å². The maximum Gasteiger partial charge on any atom is 0.471 e. The molecule has 0 spiro atoms. The average Bonchev–Trinajstić information content (AvgIpc) is 3.67. The van der Waals surface area contributed by atoms with Gasteiger partial charge in [0.05, 0.1) is 24.4 Å². The Bertz CT molecular complexity index is 1920. The molecular formula is C24H26F3N10O7P. The molecule has 2 unspecified atom stereocenters. The van der Waals surface area contributed by atoms with Gasteiger partial charge in [-0.1, -0.05) is 0 Å². The number of carbonyl (C=O) groups excluding carboxylic acids is 1.